The topological polar surface area (TPSA) is 78.9 Å². The lowest BCUT2D eigenvalue weighted by Gasteiger charge is -2.36. The van der Waals surface area contributed by atoms with Gasteiger partial charge < -0.3 is 19.9 Å². The number of ether oxygens (including phenoxy) is 1. The van der Waals surface area contributed by atoms with Gasteiger partial charge >= 0.3 is 5.97 Å². The third-order valence-corrected chi connectivity index (χ3v) is 4.90. The first-order valence-electron chi connectivity index (χ1n) is 9.54. The quantitative estimate of drug-likeness (QED) is 0.622. The number of rotatable bonds is 5. The van der Waals surface area contributed by atoms with Crippen LogP contribution in [0.25, 0.3) is 0 Å². The second kappa shape index (κ2) is 9.23. The summed E-state index contributed by atoms with van der Waals surface area (Å²) >= 11 is 0. The molecule has 1 aliphatic heterocycles. The van der Waals surface area contributed by atoms with E-state index in [0.717, 1.165) is 18.8 Å². The van der Waals surface area contributed by atoms with Gasteiger partial charge in [0.2, 0.25) is 11.8 Å². The number of anilines is 2. The van der Waals surface area contributed by atoms with Gasteiger partial charge in [0, 0.05) is 37.6 Å². The molecule has 0 bridgehead atoms. The average molecular weight is 395 g/mol. The van der Waals surface area contributed by atoms with Gasteiger partial charge in [-0.05, 0) is 48.9 Å². The van der Waals surface area contributed by atoms with E-state index in [1.54, 1.807) is 29.2 Å². The van der Waals surface area contributed by atoms with E-state index < -0.39 is 5.97 Å². The zero-order chi connectivity index (χ0) is 20.8. The molecule has 0 saturated carbocycles. The molecule has 0 spiro atoms. The minimum Gasteiger partial charge on any atom is -0.465 e. The lowest BCUT2D eigenvalue weighted by Crippen LogP contribution is -2.49. The molecule has 2 aromatic carbocycles. The predicted octanol–water partition coefficient (Wildman–Crippen LogP) is 2.46. The summed E-state index contributed by atoms with van der Waals surface area (Å²) in [5, 5.41) is 2.69. The molecule has 1 saturated heterocycles. The number of esters is 1. The number of piperazine rings is 1. The molecular weight excluding hydrogens is 370 g/mol. The molecule has 0 atom stereocenters. The number of nitrogens with zero attached hydrogens (tertiary/aromatic N) is 2. The number of carbonyl (C=O) groups is 3. The molecule has 1 fully saturated rings. The Morgan fingerprint density at radius 1 is 1.00 bits per heavy atom. The Bertz CT molecular complexity index is 887. The van der Waals surface area contributed by atoms with E-state index in [4.69, 9.17) is 0 Å². The molecule has 0 unspecified atom stereocenters. The van der Waals surface area contributed by atoms with E-state index in [-0.39, 0.29) is 18.2 Å². The second-order valence-electron chi connectivity index (χ2n) is 7.00. The first-order valence-corrected chi connectivity index (χ1v) is 9.54. The normalized spacial score (nSPS) is 13.7. The van der Waals surface area contributed by atoms with Crippen molar-refractivity contribution in [1.29, 1.82) is 0 Å². The highest BCUT2D eigenvalue weighted by molar-refractivity contribution is 6.03. The highest BCUT2D eigenvalue weighted by Crippen LogP contribution is 2.18. The predicted molar refractivity (Wildman–Crippen MR) is 111 cm³/mol. The first-order chi connectivity index (χ1) is 14.0. The smallest absolute Gasteiger partial charge is 0.337 e. The van der Waals surface area contributed by atoms with Crippen LogP contribution < -0.4 is 10.2 Å². The third-order valence-electron chi connectivity index (χ3n) is 4.90. The molecule has 2 amide bonds. The summed E-state index contributed by atoms with van der Waals surface area (Å²) in [7, 11) is 1.31. The molecule has 0 aliphatic carbocycles. The van der Waals surface area contributed by atoms with Gasteiger partial charge in [0.05, 0.1) is 12.7 Å². The van der Waals surface area contributed by atoms with Gasteiger partial charge in [0.25, 0.3) is 0 Å². The molecule has 2 aromatic rings. The highest BCUT2D eigenvalue weighted by Gasteiger charge is 2.23. The maximum absolute atomic E-state index is 12.5. The van der Waals surface area contributed by atoms with Gasteiger partial charge in [0.15, 0.2) is 0 Å². The van der Waals surface area contributed by atoms with Gasteiger partial charge in [-0.2, -0.15) is 0 Å². The molecular formula is C22H25N3O4. The minimum absolute atomic E-state index is 0.183. The number of benzene rings is 2. The summed E-state index contributed by atoms with van der Waals surface area (Å²) in [6.45, 7) is 4.73. The molecule has 1 N–H and O–H groups in total. The van der Waals surface area contributed by atoms with E-state index in [1.807, 2.05) is 6.07 Å². The van der Waals surface area contributed by atoms with Crippen LogP contribution in [0.15, 0.2) is 48.5 Å². The fourth-order valence-corrected chi connectivity index (χ4v) is 3.30. The Morgan fingerprint density at radius 2 is 1.69 bits per heavy atom. The summed E-state index contributed by atoms with van der Waals surface area (Å²) in [4.78, 5) is 40.1. The van der Waals surface area contributed by atoms with E-state index in [0.29, 0.717) is 24.3 Å². The van der Waals surface area contributed by atoms with Crippen LogP contribution >= 0.6 is 0 Å². The van der Waals surface area contributed by atoms with Crippen molar-refractivity contribution in [2.75, 3.05) is 43.5 Å². The molecule has 3 rings (SSSR count). The lowest BCUT2D eigenvalue weighted by atomic mass is 10.2. The second-order valence-corrected chi connectivity index (χ2v) is 7.00. The zero-order valence-electron chi connectivity index (χ0n) is 16.7. The van der Waals surface area contributed by atoms with Crippen LogP contribution in [-0.4, -0.2) is 56.0 Å². The number of methoxy groups -OCH3 is 1. The molecule has 0 radical (unpaired) electrons. The van der Waals surface area contributed by atoms with Crippen LogP contribution in [0.5, 0.6) is 0 Å². The maximum atomic E-state index is 12.5. The van der Waals surface area contributed by atoms with Crippen molar-refractivity contribution in [3.8, 4) is 0 Å². The van der Waals surface area contributed by atoms with Crippen LogP contribution in [0.3, 0.4) is 0 Å². The summed E-state index contributed by atoms with van der Waals surface area (Å²) in [6.07, 6.45) is -0.205. The zero-order valence-corrected chi connectivity index (χ0v) is 16.7. The van der Waals surface area contributed by atoms with Crippen LogP contribution in [0.2, 0.25) is 0 Å². The van der Waals surface area contributed by atoms with Crippen LogP contribution in [0.4, 0.5) is 11.4 Å². The van der Waals surface area contributed by atoms with Gasteiger partial charge in [-0.25, -0.2) is 4.79 Å². The Kier molecular flexibility index (Phi) is 6.49. The fourth-order valence-electron chi connectivity index (χ4n) is 3.30. The number of hydrogen-bond acceptors (Lipinski definition) is 5. The number of aryl methyl sites for hydroxylation is 1. The van der Waals surface area contributed by atoms with Crippen molar-refractivity contribution in [3.63, 3.8) is 0 Å². The molecule has 7 nitrogen and oxygen atoms in total. The minimum atomic E-state index is -0.442. The van der Waals surface area contributed by atoms with Crippen molar-refractivity contribution >= 4 is 29.2 Å². The SMILES string of the molecule is COC(=O)c1ccc(NC(=O)CC(=O)N2CCN(c3cccc(C)c3)CC2)cc1. The Hall–Kier alpha value is -3.35. The Labute approximate surface area is 170 Å². The van der Waals surface area contributed by atoms with Crippen LogP contribution in [0.1, 0.15) is 22.3 Å². The van der Waals surface area contributed by atoms with Gasteiger partial charge in [-0.15, -0.1) is 0 Å². The van der Waals surface area contributed by atoms with Gasteiger partial charge in [-0.1, -0.05) is 12.1 Å². The molecule has 7 heteroatoms. The standard InChI is InChI=1S/C22H25N3O4/c1-16-4-3-5-19(14-16)24-10-12-25(13-11-24)21(27)15-20(26)23-18-8-6-17(7-9-18)22(28)29-2/h3-9,14H,10-13,15H2,1-2H3,(H,23,26). The highest BCUT2D eigenvalue weighted by atomic mass is 16.5. The van der Waals surface area contributed by atoms with Gasteiger partial charge in [0.1, 0.15) is 6.42 Å². The number of nitrogens with one attached hydrogen (secondary N) is 1. The Balaban J connectivity index is 1.48. The van der Waals surface area contributed by atoms with Gasteiger partial charge in [-0.3, -0.25) is 9.59 Å². The summed E-state index contributed by atoms with van der Waals surface area (Å²) in [6, 6.07) is 14.6. The van der Waals surface area contributed by atoms with E-state index in [2.05, 4.69) is 40.1 Å². The summed E-state index contributed by atoms with van der Waals surface area (Å²) < 4.78 is 4.64. The van der Waals surface area contributed by atoms with Crippen molar-refractivity contribution in [1.82, 2.24) is 4.90 Å². The van der Waals surface area contributed by atoms with Crippen molar-refractivity contribution in [2.45, 2.75) is 13.3 Å². The number of hydrogen-bond donors (Lipinski definition) is 1. The number of amides is 2. The van der Waals surface area contributed by atoms with E-state index in [9.17, 15) is 14.4 Å². The van der Waals surface area contributed by atoms with Crippen molar-refractivity contribution in [3.05, 3.63) is 59.7 Å². The molecule has 29 heavy (non-hydrogen) atoms. The van der Waals surface area contributed by atoms with Crippen LogP contribution in [-0.2, 0) is 14.3 Å². The fraction of sp³-hybridized carbons (Fsp3) is 0.318. The van der Waals surface area contributed by atoms with E-state index >= 15 is 0 Å². The van der Waals surface area contributed by atoms with Crippen molar-refractivity contribution < 1.29 is 19.1 Å². The monoisotopic (exact) mass is 395 g/mol. The first kappa shape index (κ1) is 20.4. The largest absolute Gasteiger partial charge is 0.465 e. The summed E-state index contributed by atoms with van der Waals surface area (Å²) in [5.41, 5.74) is 3.29. The van der Waals surface area contributed by atoms with E-state index in [1.165, 1.54) is 12.7 Å². The third kappa shape index (κ3) is 5.34. The lowest BCUT2D eigenvalue weighted by molar-refractivity contribution is -0.134. The average Bonchev–Trinajstić information content (AvgIpc) is 2.73. The van der Waals surface area contributed by atoms with Crippen molar-refractivity contribution in [2.24, 2.45) is 0 Å². The molecule has 1 aliphatic rings. The Morgan fingerprint density at radius 3 is 2.31 bits per heavy atom. The molecule has 1 heterocycles. The molecule has 152 valence electrons. The molecule has 0 aromatic heterocycles. The number of carbonyl (C=O) groups excluding carboxylic acids is 3. The summed E-state index contributed by atoms with van der Waals surface area (Å²) in [5.74, 6) is -0.998. The van der Waals surface area contributed by atoms with Crippen LogP contribution in [0, 0.1) is 6.92 Å². The maximum Gasteiger partial charge on any atom is 0.337 e.